The van der Waals surface area contributed by atoms with Crippen LogP contribution in [0.3, 0.4) is 0 Å². The van der Waals surface area contributed by atoms with E-state index < -0.39 is 0 Å². The Kier molecular flexibility index (Phi) is 4.40. The summed E-state index contributed by atoms with van der Waals surface area (Å²) >= 11 is 0. The van der Waals surface area contributed by atoms with Gasteiger partial charge in [0.15, 0.2) is 0 Å². The van der Waals surface area contributed by atoms with E-state index in [2.05, 4.69) is 17.3 Å². The van der Waals surface area contributed by atoms with Crippen LogP contribution in [0.1, 0.15) is 32.1 Å². The lowest BCUT2D eigenvalue weighted by atomic mass is 9.85. The normalized spacial score (nSPS) is 33.4. The second kappa shape index (κ2) is 5.83. The number of carbonyl (C=O) groups is 1. The number of amides is 1. The molecule has 4 nitrogen and oxygen atoms in total. The molecule has 0 radical (unpaired) electrons. The van der Waals surface area contributed by atoms with Crippen molar-refractivity contribution in [2.45, 2.75) is 44.2 Å². The number of nitrogens with zero attached hydrogens (tertiary/aromatic N) is 1. The molecule has 17 heavy (non-hydrogen) atoms. The maximum atomic E-state index is 12.1. The molecule has 2 fully saturated rings. The summed E-state index contributed by atoms with van der Waals surface area (Å²) in [7, 11) is 3.76. The van der Waals surface area contributed by atoms with Gasteiger partial charge in [0.2, 0.25) is 5.91 Å². The fourth-order valence-electron chi connectivity index (χ4n) is 3.37. The van der Waals surface area contributed by atoms with Crippen LogP contribution in [-0.2, 0) is 9.53 Å². The molecule has 4 heteroatoms. The van der Waals surface area contributed by atoms with Crippen LogP contribution >= 0.6 is 0 Å². The van der Waals surface area contributed by atoms with Gasteiger partial charge in [-0.3, -0.25) is 9.69 Å². The number of fused-ring (bicyclic) bond motifs is 1. The minimum Gasteiger partial charge on any atom is -0.383 e. The summed E-state index contributed by atoms with van der Waals surface area (Å²) in [6, 6.07) is 0.724. The molecule has 0 bridgehead atoms. The Balaban J connectivity index is 1.86. The first-order valence-corrected chi connectivity index (χ1v) is 6.72. The monoisotopic (exact) mass is 240 g/mol. The van der Waals surface area contributed by atoms with E-state index in [0.29, 0.717) is 19.2 Å². The molecule has 2 aliphatic rings. The van der Waals surface area contributed by atoms with Crippen LogP contribution < -0.4 is 5.32 Å². The number of hydrogen-bond donors (Lipinski definition) is 1. The Bertz CT molecular complexity index is 270. The standard InChI is InChI=1S/C13H24N2O2/c1-15-11-6-4-3-5-10(11)9-12(15)13(16)14-7-8-17-2/h10-12H,3-9H2,1-2H3,(H,14,16)/t10-,11-,12-/m0/s1. The summed E-state index contributed by atoms with van der Waals surface area (Å²) in [5.74, 6) is 0.922. The highest BCUT2D eigenvalue weighted by atomic mass is 16.5. The van der Waals surface area contributed by atoms with Gasteiger partial charge in [-0.15, -0.1) is 0 Å². The molecule has 0 unspecified atom stereocenters. The zero-order valence-corrected chi connectivity index (χ0v) is 10.9. The molecule has 98 valence electrons. The van der Waals surface area contributed by atoms with E-state index in [-0.39, 0.29) is 11.9 Å². The predicted molar refractivity (Wildman–Crippen MR) is 66.8 cm³/mol. The number of rotatable bonds is 4. The van der Waals surface area contributed by atoms with Crippen LogP contribution in [0, 0.1) is 5.92 Å². The van der Waals surface area contributed by atoms with E-state index in [1.54, 1.807) is 7.11 Å². The minimum absolute atomic E-state index is 0.0833. The van der Waals surface area contributed by atoms with Crippen LogP contribution in [0.5, 0.6) is 0 Å². The molecule has 1 saturated heterocycles. The van der Waals surface area contributed by atoms with Gasteiger partial charge >= 0.3 is 0 Å². The van der Waals surface area contributed by atoms with Crippen molar-refractivity contribution in [2.24, 2.45) is 5.92 Å². The first-order chi connectivity index (χ1) is 8.24. The van der Waals surface area contributed by atoms with Gasteiger partial charge in [0.25, 0.3) is 0 Å². The van der Waals surface area contributed by atoms with Gasteiger partial charge in [-0.2, -0.15) is 0 Å². The zero-order chi connectivity index (χ0) is 12.3. The molecule has 0 spiro atoms. The van der Waals surface area contributed by atoms with E-state index in [9.17, 15) is 4.79 Å². The lowest BCUT2D eigenvalue weighted by Crippen LogP contribution is -2.45. The number of nitrogens with one attached hydrogen (secondary N) is 1. The molecule has 1 N–H and O–H groups in total. The molecular formula is C13H24N2O2. The molecule has 0 aromatic carbocycles. The van der Waals surface area contributed by atoms with Crippen molar-refractivity contribution in [2.75, 3.05) is 27.3 Å². The molecule has 1 heterocycles. The molecule has 1 aliphatic heterocycles. The third kappa shape index (κ3) is 2.80. The SMILES string of the molecule is COCCNC(=O)[C@@H]1C[C@@H]2CCCC[C@@H]2N1C. The summed E-state index contributed by atoms with van der Waals surface area (Å²) in [4.78, 5) is 14.4. The van der Waals surface area contributed by atoms with Gasteiger partial charge in [0.1, 0.15) is 0 Å². The lowest BCUT2D eigenvalue weighted by Gasteiger charge is -2.30. The van der Waals surface area contributed by atoms with Crippen molar-refractivity contribution >= 4 is 5.91 Å². The van der Waals surface area contributed by atoms with E-state index >= 15 is 0 Å². The van der Waals surface area contributed by atoms with Crippen LogP contribution in [-0.4, -0.2) is 50.2 Å². The van der Waals surface area contributed by atoms with Gasteiger partial charge < -0.3 is 10.1 Å². The van der Waals surface area contributed by atoms with E-state index in [1.165, 1.54) is 25.7 Å². The van der Waals surface area contributed by atoms with Crippen molar-refractivity contribution in [3.05, 3.63) is 0 Å². The number of carbonyl (C=O) groups excluding carboxylic acids is 1. The number of ether oxygens (including phenoxy) is 1. The number of likely N-dealkylation sites (tertiary alicyclic amines) is 1. The summed E-state index contributed by atoms with van der Waals surface area (Å²) in [6.07, 6.45) is 6.27. The molecule has 0 aromatic heterocycles. The second-order valence-corrected chi connectivity index (χ2v) is 5.31. The highest BCUT2D eigenvalue weighted by Crippen LogP contribution is 2.38. The highest BCUT2D eigenvalue weighted by molar-refractivity contribution is 5.82. The van der Waals surface area contributed by atoms with E-state index in [1.807, 2.05) is 0 Å². The number of likely N-dealkylation sites (N-methyl/N-ethyl adjacent to an activating group) is 1. The van der Waals surface area contributed by atoms with Crippen LogP contribution in [0.15, 0.2) is 0 Å². The largest absolute Gasteiger partial charge is 0.383 e. The van der Waals surface area contributed by atoms with Gasteiger partial charge in [-0.25, -0.2) is 0 Å². The second-order valence-electron chi connectivity index (χ2n) is 5.31. The summed E-state index contributed by atoms with van der Waals surface area (Å²) < 4.78 is 4.95. The average molecular weight is 240 g/mol. The first kappa shape index (κ1) is 12.8. The molecule has 2 rings (SSSR count). The van der Waals surface area contributed by atoms with Crippen LogP contribution in [0.25, 0.3) is 0 Å². The maximum Gasteiger partial charge on any atom is 0.237 e. The third-order valence-electron chi connectivity index (χ3n) is 4.32. The number of methoxy groups -OCH3 is 1. The maximum absolute atomic E-state index is 12.1. The lowest BCUT2D eigenvalue weighted by molar-refractivity contribution is -0.125. The summed E-state index contributed by atoms with van der Waals surface area (Å²) in [6.45, 7) is 1.21. The first-order valence-electron chi connectivity index (χ1n) is 6.72. The molecule has 3 atom stereocenters. The predicted octanol–water partition coefficient (Wildman–Crippen LogP) is 1.01. The van der Waals surface area contributed by atoms with Gasteiger partial charge in [0.05, 0.1) is 12.6 Å². The van der Waals surface area contributed by atoms with Crippen LogP contribution in [0.2, 0.25) is 0 Å². The Morgan fingerprint density at radius 3 is 2.88 bits per heavy atom. The summed E-state index contributed by atoms with van der Waals surface area (Å²) in [5, 5.41) is 2.96. The van der Waals surface area contributed by atoms with E-state index in [0.717, 1.165) is 12.3 Å². The van der Waals surface area contributed by atoms with Gasteiger partial charge in [0, 0.05) is 19.7 Å². The van der Waals surface area contributed by atoms with Gasteiger partial charge in [-0.1, -0.05) is 12.8 Å². The summed E-state index contributed by atoms with van der Waals surface area (Å²) in [5.41, 5.74) is 0. The average Bonchev–Trinajstić information content (AvgIpc) is 2.68. The fourth-order valence-corrected chi connectivity index (χ4v) is 3.37. The molecular weight excluding hydrogens is 216 g/mol. The highest BCUT2D eigenvalue weighted by Gasteiger charge is 2.42. The van der Waals surface area contributed by atoms with Crippen molar-refractivity contribution < 1.29 is 9.53 Å². The van der Waals surface area contributed by atoms with Crippen LogP contribution in [0.4, 0.5) is 0 Å². The molecule has 1 amide bonds. The quantitative estimate of drug-likeness (QED) is 0.746. The van der Waals surface area contributed by atoms with Crippen molar-refractivity contribution in [3.63, 3.8) is 0 Å². The topological polar surface area (TPSA) is 41.6 Å². The molecule has 1 aliphatic carbocycles. The zero-order valence-electron chi connectivity index (χ0n) is 10.9. The Labute approximate surface area is 104 Å². The van der Waals surface area contributed by atoms with Gasteiger partial charge in [-0.05, 0) is 32.2 Å². The van der Waals surface area contributed by atoms with E-state index in [4.69, 9.17) is 4.74 Å². The smallest absolute Gasteiger partial charge is 0.237 e. The Hall–Kier alpha value is -0.610. The Morgan fingerprint density at radius 1 is 1.41 bits per heavy atom. The van der Waals surface area contributed by atoms with Crippen molar-refractivity contribution in [1.29, 1.82) is 0 Å². The Morgan fingerprint density at radius 2 is 2.18 bits per heavy atom. The molecule has 1 saturated carbocycles. The van der Waals surface area contributed by atoms with Crippen molar-refractivity contribution in [3.8, 4) is 0 Å². The minimum atomic E-state index is 0.0833. The number of hydrogen-bond acceptors (Lipinski definition) is 3. The fraction of sp³-hybridized carbons (Fsp3) is 0.923. The van der Waals surface area contributed by atoms with Crippen molar-refractivity contribution in [1.82, 2.24) is 10.2 Å². The molecule has 0 aromatic rings. The third-order valence-corrected chi connectivity index (χ3v) is 4.32.